The van der Waals surface area contributed by atoms with Crippen LogP contribution in [-0.2, 0) is 4.74 Å². The van der Waals surface area contributed by atoms with Gasteiger partial charge in [-0.3, -0.25) is 20.0 Å². The largest absolute Gasteiger partial charge is 0.502 e. The maximum atomic E-state index is 11.1. The minimum absolute atomic E-state index is 0.0256. The van der Waals surface area contributed by atoms with Crippen LogP contribution in [0.4, 0.5) is 5.69 Å². The third-order valence-electron chi connectivity index (χ3n) is 4.77. The minimum atomic E-state index is -0.664. The van der Waals surface area contributed by atoms with Crippen LogP contribution < -0.4 is 0 Å². The van der Waals surface area contributed by atoms with E-state index < -0.39 is 16.4 Å². The molecule has 0 aromatic heterocycles. The number of rotatable bonds is 6. The molecule has 0 amide bonds. The molecule has 7 nitrogen and oxygen atoms in total. The number of aliphatic imine (C=N–C) groups is 1. The van der Waals surface area contributed by atoms with E-state index >= 15 is 0 Å². The lowest BCUT2D eigenvalue weighted by atomic mass is 9.98. The molecule has 0 bridgehead atoms. The number of nitro groups is 1. The van der Waals surface area contributed by atoms with Gasteiger partial charge in [0.2, 0.25) is 5.75 Å². The molecule has 0 spiro atoms. The zero-order valence-corrected chi connectivity index (χ0v) is 16.2. The molecule has 1 aliphatic heterocycles. The van der Waals surface area contributed by atoms with E-state index in [-0.39, 0.29) is 22.7 Å². The normalized spacial score (nSPS) is 17.5. The maximum absolute atomic E-state index is 11.1. The van der Waals surface area contributed by atoms with Gasteiger partial charge in [0, 0.05) is 36.0 Å². The molecule has 1 aliphatic rings. The molecule has 0 saturated carbocycles. The molecule has 2 aromatic carbocycles. The lowest BCUT2D eigenvalue weighted by Crippen LogP contribution is -2.42. The Balaban J connectivity index is 1.90. The van der Waals surface area contributed by atoms with Crippen LogP contribution in [0.2, 0.25) is 5.02 Å². The molecule has 2 atom stereocenters. The van der Waals surface area contributed by atoms with Crippen molar-refractivity contribution in [3.8, 4) is 5.75 Å². The third-order valence-corrected chi connectivity index (χ3v) is 4.98. The second kappa shape index (κ2) is 9.14. The first-order valence-corrected chi connectivity index (χ1v) is 9.42. The fourth-order valence-corrected chi connectivity index (χ4v) is 3.64. The topological polar surface area (TPSA) is 88.2 Å². The van der Waals surface area contributed by atoms with Crippen molar-refractivity contribution >= 4 is 23.5 Å². The van der Waals surface area contributed by atoms with Crippen LogP contribution in [0.1, 0.15) is 24.1 Å². The van der Waals surface area contributed by atoms with Gasteiger partial charge in [0.05, 0.1) is 30.2 Å². The van der Waals surface area contributed by atoms with Crippen molar-refractivity contribution in [1.82, 2.24) is 4.90 Å². The Hall–Kier alpha value is -2.48. The van der Waals surface area contributed by atoms with Crippen LogP contribution in [0.3, 0.4) is 0 Å². The summed E-state index contributed by atoms with van der Waals surface area (Å²) in [5, 5.41) is 21.4. The molecule has 148 valence electrons. The second-order valence-corrected chi connectivity index (χ2v) is 7.08. The zero-order valence-electron chi connectivity index (χ0n) is 15.5. The smallest absolute Gasteiger partial charge is 0.312 e. The summed E-state index contributed by atoms with van der Waals surface area (Å²) in [7, 11) is 0. The van der Waals surface area contributed by atoms with Crippen LogP contribution in [0, 0.1) is 10.1 Å². The Kier molecular flexibility index (Phi) is 6.61. The molecule has 3 rings (SSSR count). The Morgan fingerprint density at radius 2 is 1.96 bits per heavy atom. The minimum Gasteiger partial charge on any atom is -0.502 e. The number of benzene rings is 2. The summed E-state index contributed by atoms with van der Waals surface area (Å²) >= 11 is 5.96. The first kappa shape index (κ1) is 20.3. The fraction of sp³-hybridized carbons (Fsp3) is 0.350. The maximum Gasteiger partial charge on any atom is 0.312 e. The van der Waals surface area contributed by atoms with Gasteiger partial charge in [0.1, 0.15) is 0 Å². The highest BCUT2D eigenvalue weighted by atomic mass is 35.5. The van der Waals surface area contributed by atoms with E-state index in [1.165, 1.54) is 12.3 Å². The van der Waals surface area contributed by atoms with Gasteiger partial charge in [-0.15, -0.1) is 0 Å². The van der Waals surface area contributed by atoms with E-state index in [0.717, 1.165) is 24.7 Å². The fourth-order valence-electron chi connectivity index (χ4n) is 3.42. The van der Waals surface area contributed by atoms with Crippen molar-refractivity contribution in [1.29, 1.82) is 0 Å². The summed E-state index contributed by atoms with van der Waals surface area (Å²) < 4.78 is 5.47. The Labute approximate surface area is 168 Å². The average Bonchev–Trinajstić information content (AvgIpc) is 2.70. The van der Waals surface area contributed by atoms with Gasteiger partial charge >= 0.3 is 5.69 Å². The predicted octanol–water partition coefficient (Wildman–Crippen LogP) is 3.83. The number of phenols is 1. The summed E-state index contributed by atoms with van der Waals surface area (Å²) in [6, 6.07) is 12.5. The van der Waals surface area contributed by atoms with Crippen molar-refractivity contribution < 1.29 is 14.8 Å². The summed E-state index contributed by atoms with van der Waals surface area (Å²) in [5.74, 6) is -0.437. The summed E-state index contributed by atoms with van der Waals surface area (Å²) in [6.45, 7) is 4.92. The van der Waals surface area contributed by atoms with E-state index in [9.17, 15) is 15.2 Å². The summed E-state index contributed by atoms with van der Waals surface area (Å²) in [5.41, 5.74) is 0.921. The Morgan fingerprint density at radius 1 is 1.29 bits per heavy atom. The Bertz CT molecular complexity index is 854. The van der Waals surface area contributed by atoms with Crippen LogP contribution in [0.5, 0.6) is 5.75 Å². The van der Waals surface area contributed by atoms with Gasteiger partial charge in [0.25, 0.3) is 0 Å². The third kappa shape index (κ3) is 4.67. The molecule has 0 aliphatic carbocycles. The first-order chi connectivity index (χ1) is 13.5. The number of hydrogen-bond acceptors (Lipinski definition) is 6. The highest BCUT2D eigenvalue weighted by Gasteiger charge is 2.27. The lowest BCUT2D eigenvalue weighted by molar-refractivity contribution is -0.385. The van der Waals surface area contributed by atoms with Crippen molar-refractivity contribution in [3.05, 3.63) is 68.7 Å². The highest BCUT2D eigenvalue weighted by Crippen LogP contribution is 2.33. The van der Waals surface area contributed by atoms with Gasteiger partial charge < -0.3 is 9.84 Å². The zero-order chi connectivity index (χ0) is 20.1. The number of ether oxygens (including phenoxy) is 1. The van der Waals surface area contributed by atoms with Gasteiger partial charge in [-0.25, -0.2) is 0 Å². The van der Waals surface area contributed by atoms with Crippen molar-refractivity contribution in [2.45, 2.75) is 19.0 Å². The van der Waals surface area contributed by atoms with Crippen LogP contribution in [-0.4, -0.2) is 53.5 Å². The lowest BCUT2D eigenvalue weighted by Gasteiger charge is -2.37. The molecule has 1 N–H and O–H groups in total. The molecular weight excluding hydrogens is 382 g/mol. The van der Waals surface area contributed by atoms with E-state index in [0.29, 0.717) is 13.2 Å². The molecule has 2 aromatic rings. The SMILES string of the molecule is C[C@H](N=Cc1cc(Cl)cc([N+](=O)[O-])c1O)[C@@H](c1ccccc1)N1CCOCC1. The van der Waals surface area contributed by atoms with Crippen LogP contribution in [0.25, 0.3) is 0 Å². The Morgan fingerprint density at radius 3 is 2.61 bits per heavy atom. The van der Waals surface area contributed by atoms with E-state index in [4.69, 9.17) is 16.3 Å². The quantitative estimate of drug-likeness (QED) is 0.449. The van der Waals surface area contributed by atoms with E-state index in [2.05, 4.69) is 22.0 Å². The van der Waals surface area contributed by atoms with Crippen molar-refractivity contribution in [2.24, 2.45) is 4.99 Å². The van der Waals surface area contributed by atoms with Gasteiger partial charge in [-0.2, -0.15) is 0 Å². The van der Waals surface area contributed by atoms with Gasteiger partial charge in [0.15, 0.2) is 0 Å². The van der Waals surface area contributed by atoms with Crippen molar-refractivity contribution in [2.75, 3.05) is 26.3 Å². The number of morpholine rings is 1. The molecule has 1 saturated heterocycles. The molecule has 1 fully saturated rings. The summed E-state index contributed by atoms with van der Waals surface area (Å²) in [6.07, 6.45) is 1.45. The van der Waals surface area contributed by atoms with Crippen LogP contribution in [0.15, 0.2) is 47.5 Å². The standard InChI is InChI=1S/C20H22ClN3O4/c1-14(22-13-16-11-17(21)12-18(20(16)25)24(26)27)19(15-5-3-2-4-6-15)23-7-9-28-10-8-23/h2-6,11-14,19,25H,7-10H2,1H3/t14-,19-/m0/s1. The molecule has 0 radical (unpaired) electrons. The predicted molar refractivity (Wildman–Crippen MR) is 108 cm³/mol. The number of phenolic OH excluding ortho intramolecular Hbond substituents is 1. The second-order valence-electron chi connectivity index (χ2n) is 6.64. The highest BCUT2D eigenvalue weighted by molar-refractivity contribution is 6.31. The number of hydrogen-bond donors (Lipinski definition) is 1. The number of nitro benzene ring substituents is 1. The van der Waals surface area contributed by atoms with E-state index in [1.807, 2.05) is 25.1 Å². The molecule has 0 unspecified atom stereocenters. The number of aromatic hydroxyl groups is 1. The molecule has 28 heavy (non-hydrogen) atoms. The monoisotopic (exact) mass is 403 g/mol. The molecule has 1 heterocycles. The molecule has 8 heteroatoms. The molecular formula is C20H22ClN3O4. The van der Waals surface area contributed by atoms with Crippen LogP contribution >= 0.6 is 11.6 Å². The van der Waals surface area contributed by atoms with Gasteiger partial charge in [-0.1, -0.05) is 41.9 Å². The first-order valence-electron chi connectivity index (χ1n) is 9.04. The summed E-state index contributed by atoms with van der Waals surface area (Å²) in [4.78, 5) is 17.3. The van der Waals surface area contributed by atoms with E-state index in [1.54, 1.807) is 0 Å². The number of nitrogens with zero attached hydrogens (tertiary/aromatic N) is 3. The average molecular weight is 404 g/mol. The number of halogens is 1. The van der Waals surface area contributed by atoms with Crippen molar-refractivity contribution in [3.63, 3.8) is 0 Å². The van der Waals surface area contributed by atoms with Gasteiger partial charge in [-0.05, 0) is 18.6 Å².